The molecular formula is C74H117N21O18S2. The summed E-state index contributed by atoms with van der Waals surface area (Å²) >= 11 is 0. The lowest BCUT2D eigenvalue weighted by molar-refractivity contribution is -0.135. The van der Waals surface area contributed by atoms with Gasteiger partial charge in [-0.05, 0) is 196 Å². The number of rotatable bonds is 14. The van der Waals surface area contributed by atoms with Crippen molar-refractivity contribution in [3.63, 3.8) is 0 Å². The summed E-state index contributed by atoms with van der Waals surface area (Å²) in [6, 6.07) is -7.58. The highest BCUT2D eigenvalue weighted by molar-refractivity contribution is 8.76. The lowest BCUT2D eigenvalue weighted by Crippen LogP contribution is -2.59. The third kappa shape index (κ3) is 35.4. The topological polar surface area (TPSA) is 616 Å². The summed E-state index contributed by atoms with van der Waals surface area (Å²) in [7, 11) is 2.80. The van der Waals surface area contributed by atoms with Crippen molar-refractivity contribution in [2.45, 2.75) is 273 Å². The zero-order valence-electron chi connectivity index (χ0n) is 67.3. The number of amides is 18. The summed E-state index contributed by atoms with van der Waals surface area (Å²) in [4.78, 5) is 243. The number of hydrogen-bond donors (Lipinski definition) is 21. The van der Waals surface area contributed by atoms with Gasteiger partial charge < -0.3 is 113 Å². The molecule has 39 nitrogen and oxygen atoms in total. The van der Waals surface area contributed by atoms with Crippen LogP contribution in [0, 0.1) is 0 Å². The number of carbonyl (C=O) groups is 18. The highest BCUT2D eigenvalue weighted by Gasteiger charge is 2.35. The molecule has 3 heterocycles. The third-order valence-corrected chi connectivity index (χ3v) is 20.5. The van der Waals surface area contributed by atoms with E-state index < -0.39 is 209 Å². The molecule has 3 aliphatic rings. The number of fused-ring (bicyclic) bond motifs is 2. The molecule has 0 fully saturated rings. The van der Waals surface area contributed by atoms with Gasteiger partial charge in [0.25, 0.3) is 0 Å². The summed E-state index contributed by atoms with van der Waals surface area (Å²) in [6.45, 7) is 17.7. The Morgan fingerprint density at radius 2 is 0.513 bits per heavy atom. The van der Waals surface area contributed by atoms with Gasteiger partial charge in [0.15, 0.2) is 0 Å². The minimum Gasteiger partial charge on any atom is -0.368 e. The van der Waals surface area contributed by atoms with Crippen LogP contribution in [0.1, 0.15) is 159 Å². The predicted octanol–water partition coefficient (Wildman–Crippen LogP) is -5.04. The van der Waals surface area contributed by atoms with Gasteiger partial charge in [0.1, 0.15) is 103 Å². The molecule has 25 N–H and O–H groups in total. The van der Waals surface area contributed by atoms with E-state index in [1.54, 1.807) is 48.5 Å². The van der Waals surface area contributed by atoms with Crippen molar-refractivity contribution in [3.05, 3.63) is 59.7 Å². The Hall–Kier alpha value is -10.5. The van der Waals surface area contributed by atoms with Crippen molar-refractivity contribution >= 4 is 128 Å². The van der Waals surface area contributed by atoms with E-state index in [1.807, 2.05) is 0 Å². The molecule has 0 saturated carbocycles. The standard InChI is InChI=1S/C74H117N21O18S2/c1-36-59(98)79-39(4)62(101)85-45(10)68(107)92-53(20-14-17-31-75)71(110)89-43(8)66(105)83-37(2)60(99)80-41(6)64(103)87-47(12)70(109)94-55(22-16-19-33-77)73(112)95-56(58(78)97)34-49-23-27-51(28-24-49)114-115-52-29-25-50(26-30-52)35-57(91-48(13)96)74(113)90-44(9)67(106)84-38(3)61(100)81-40(5)63(102)86-46(11)69(108)93-54(21-15-18-32-76)72(111)88-42(7)65(104)82-36/h23-30,36-47,53-57H,14-22,31-35,75-77H2,1-13H3,(H2,78,97)(H,79,98)(H,80,99)(H,81,100)(H,82,104)(H,83,105)(H,84,106)(H,85,101)(H,86,102)(H,87,103)(H,88,111)(H,89,110)(H,90,113)(H,91,96)(H,92,107)(H,93,108)(H,94,109)(H,95,112)/t36-,37-,38-,39-,40-,41-,42-,43-,44-,45-,46-,47-,53-,54-,55-,56-,57-/m0/s1. The Morgan fingerprint density at radius 3 is 0.739 bits per heavy atom. The number of nitrogens with one attached hydrogen (secondary N) is 17. The second-order valence-electron chi connectivity index (χ2n) is 28.4. The second-order valence-corrected chi connectivity index (χ2v) is 30.7. The van der Waals surface area contributed by atoms with E-state index in [4.69, 9.17) is 22.9 Å². The predicted molar refractivity (Wildman–Crippen MR) is 427 cm³/mol. The number of benzene rings is 2. The Balaban J connectivity index is 1.88. The average Bonchev–Trinajstić information content (AvgIpc) is 0.877. The van der Waals surface area contributed by atoms with Crippen LogP contribution in [0.25, 0.3) is 0 Å². The Kier molecular flexibility index (Phi) is 42.9. The molecule has 4 bridgehead atoms. The minimum absolute atomic E-state index is 0.00953. The maximum absolute atomic E-state index is 13.9. The van der Waals surface area contributed by atoms with Crippen molar-refractivity contribution in [2.75, 3.05) is 19.6 Å². The first kappa shape index (κ1) is 98.7. The van der Waals surface area contributed by atoms with E-state index in [1.165, 1.54) is 112 Å². The van der Waals surface area contributed by atoms with Gasteiger partial charge in [-0.3, -0.25) is 86.3 Å². The molecule has 0 aliphatic carbocycles. The smallest absolute Gasteiger partial charge is 0.243 e. The van der Waals surface area contributed by atoms with Gasteiger partial charge in [-0.15, -0.1) is 0 Å². The van der Waals surface area contributed by atoms with Gasteiger partial charge in [-0.2, -0.15) is 0 Å². The van der Waals surface area contributed by atoms with Crippen LogP contribution < -0.4 is 113 Å². The zero-order valence-corrected chi connectivity index (χ0v) is 68.9. The van der Waals surface area contributed by atoms with Crippen LogP contribution in [0.4, 0.5) is 0 Å². The summed E-state index contributed by atoms with van der Waals surface area (Å²) in [6.07, 6.45) is 2.49. The maximum atomic E-state index is 13.9. The molecule has 2 aromatic rings. The van der Waals surface area contributed by atoms with Crippen LogP contribution in [0.2, 0.25) is 0 Å². The van der Waals surface area contributed by atoms with Crippen LogP contribution in [0.5, 0.6) is 0 Å². The summed E-state index contributed by atoms with van der Waals surface area (Å²) in [5.74, 6) is -14.6. The molecule has 5 rings (SSSR count). The molecule has 638 valence electrons. The Bertz CT molecular complexity index is 3730. The molecule has 0 spiro atoms. The maximum Gasteiger partial charge on any atom is 0.243 e. The molecule has 0 saturated heterocycles. The molecule has 0 radical (unpaired) electrons. The average molecular weight is 1650 g/mol. The van der Waals surface area contributed by atoms with Gasteiger partial charge in [0, 0.05) is 29.6 Å². The molecule has 3 aliphatic heterocycles. The lowest BCUT2D eigenvalue weighted by Gasteiger charge is -2.25. The van der Waals surface area contributed by atoms with E-state index in [-0.39, 0.29) is 51.7 Å². The second kappa shape index (κ2) is 50.0. The first-order chi connectivity index (χ1) is 54.1. The molecule has 0 aromatic heterocycles. The van der Waals surface area contributed by atoms with Gasteiger partial charge >= 0.3 is 0 Å². The molecule has 41 heteroatoms. The summed E-state index contributed by atoms with van der Waals surface area (Å²) in [5.41, 5.74) is 24.2. The normalized spacial score (nSPS) is 27.6. The van der Waals surface area contributed by atoms with E-state index in [0.29, 0.717) is 49.7 Å². The number of primary amides is 1. The van der Waals surface area contributed by atoms with Crippen molar-refractivity contribution in [2.24, 2.45) is 22.9 Å². The van der Waals surface area contributed by atoms with Crippen LogP contribution in [-0.4, -0.2) is 229 Å². The molecular weight excluding hydrogens is 1540 g/mol. The lowest BCUT2D eigenvalue weighted by atomic mass is 10.0. The molecule has 17 atom stereocenters. The molecule has 2 aromatic carbocycles. The fourth-order valence-electron chi connectivity index (χ4n) is 10.8. The van der Waals surface area contributed by atoms with Crippen LogP contribution in [-0.2, 0) is 99.1 Å². The largest absolute Gasteiger partial charge is 0.368 e. The monoisotopic (exact) mass is 1650 g/mol. The fourth-order valence-corrected chi connectivity index (χ4v) is 12.8. The SMILES string of the molecule is CC(=O)N[C@H]1Cc2ccc(cc2)SSc2ccc(cc2)C[C@@H](C(N)=O)NC(=O)[C@H](CCCCN)NC(=O)[C@H](C)NC(=O)[C@H](C)NC(=O)[C@H](C)NC(=O)[C@H](C)NC(=O)[C@H](CCCCN)NC(=O)[C@H](C)NC(=O)[C@H](C)NC(=O)[C@H](C)NC(=O)[C@H](C)NC(=O)[C@H](CCCCN)NC(=O)[C@H](C)NC(=O)[C@H](C)NC(=O)[C@H](C)NC(=O)[C@H](C)NC1=O. The van der Waals surface area contributed by atoms with Gasteiger partial charge in [0.05, 0.1) is 0 Å². The van der Waals surface area contributed by atoms with Crippen molar-refractivity contribution in [1.29, 1.82) is 0 Å². The third-order valence-electron chi connectivity index (χ3n) is 18.1. The Labute approximate surface area is 676 Å². The van der Waals surface area contributed by atoms with E-state index in [9.17, 15) is 86.3 Å². The number of hydrogen-bond acceptors (Lipinski definition) is 23. The van der Waals surface area contributed by atoms with Gasteiger partial charge in [-0.1, -0.05) is 45.9 Å². The van der Waals surface area contributed by atoms with Gasteiger partial charge in [-0.25, -0.2) is 0 Å². The van der Waals surface area contributed by atoms with E-state index >= 15 is 0 Å². The van der Waals surface area contributed by atoms with Gasteiger partial charge in [0.2, 0.25) is 106 Å². The van der Waals surface area contributed by atoms with Crippen molar-refractivity contribution < 1.29 is 86.3 Å². The number of nitrogens with two attached hydrogens (primary N) is 4. The molecule has 0 unspecified atom stereocenters. The first-order valence-electron chi connectivity index (χ1n) is 38.1. The summed E-state index contributed by atoms with van der Waals surface area (Å²) in [5, 5.41) is 42.6. The summed E-state index contributed by atoms with van der Waals surface area (Å²) < 4.78 is 0. The quantitative estimate of drug-likeness (QED) is 0.0622. The van der Waals surface area contributed by atoms with Crippen LogP contribution >= 0.6 is 21.6 Å². The molecule has 18 amide bonds. The van der Waals surface area contributed by atoms with Crippen LogP contribution in [0.3, 0.4) is 0 Å². The first-order valence-corrected chi connectivity index (χ1v) is 40.3. The molecule has 115 heavy (non-hydrogen) atoms. The van der Waals surface area contributed by atoms with E-state index in [2.05, 4.69) is 90.4 Å². The highest BCUT2D eigenvalue weighted by atomic mass is 33.1. The van der Waals surface area contributed by atoms with Crippen molar-refractivity contribution in [1.82, 2.24) is 90.4 Å². The Morgan fingerprint density at radius 1 is 0.304 bits per heavy atom. The highest BCUT2D eigenvalue weighted by Crippen LogP contribution is 2.37. The van der Waals surface area contributed by atoms with E-state index in [0.717, 1.165) is 9.79 Å². The van der Waals surface area contributed by atoms with Crippen LogP contribution in [0.15, 0.2) is 58.3 Å². The number of carbonyl (C=O) groups excluding carboxylic acids is 18. The minimum atomic E-state index is -1.33. The van der Waals surface area contributed by atoms with Crippen molar-refractivity contribution in [3.8, 4) is 0 Å². The number of unbranched alkanes of at least 4 members (excludes halogenated alkanes) is 3. The fraction of sp³-hybridized carbons (Fsp3) is 0.595. The zero-order chi connectivity index (χ0) is 86.5.